The lowest BCUT2D eigenvalue weighted by atomic mass is 10.2. The Labute approximate surface area is 131 Å². The van der Waals surface area contributed by atoms with Gasteiger partial charge >= 0.3 is 0 Å². The molecular weight excluding hydrogens is 300 g/mol. The van der Waals surface area contributed by atoms with E-state index in [9.17, 15) is 14.7 Å². The van der Waals surface area contributed by atoms with Crippen LogP contribution in [0.15, 0.2) is 53.6 Å². The van der Waals surface area contributed by atoms with Gasteiger partial charge in [0.25, 0.3) is 5.91 Å². The van der Waals surface area contributed by atoms with Crippen LogP contribution in [0.3, 0.4) is 0 Å². The van der Waals surface area contributed by atoms with E-state index < -0.39 is 18.5 Å². The third-order valence-electron chi connectivity index (χ3n) is 2.76. The van der Waals surface area contributed by atoms with Crippen LogP contribution in [0.5, 0.6) is 11.5 Å². The molecule has 0 fully saturated rings. The number of carbonyl (C=O) groups is 2. The molecule has 0 unspecified atom stereocenters. The Kier molecular flexibility index (Phi) is 5.30. The number of amides is 1. The van der Waals surface area contributed by atoms with Crippen molar-refractivity contribution >= 4 is 18.1 Å². The monoisotopic (exact) mass is 313 g/mol. The average Bonchev–Trinajstić information content (AvgIpc) is 2.54. The molecule has 7 nitrogen and oxygen atoms in total. The topological polar surface area (TPSA) is 111 Å². The lowest BCUT2D eigenvalue weighted by molar-refractivity contribution is -0.307. The summed E-state index contributed by atoms with van der Waals surface area (Å²) in [7, 11) is 0. The van der Waals surface area contributed by atoms with E-state index in [-0.39, 0.29) is 5.75 Å². The van der Waals surface area contributed by atoms with E-state index in [1.807, 2.05) is 0 Å². The molecule has 2 rings (SSSR count). The molecule has 0 aliphatic rings. The predicted octanol–water partition coefficient (Wildman–Crippen LogP) is 0.285. The van der Waals surface area contributed by atoms with Gasteiger partial charge in [0.05, 0.1) is 12.2 Å². The second-order valence-corrected chi connectivity index (χ2v) is 4.44. The molecule has 0 heterocycles. The minimum absolute atomic E-state index is 0.0593. The number of ether oxygens (including phenoxy) is 1. The average molecular weight is 313 g/mol. The number of para-hydroxylation sites is 1. The summed E-state index contributed by atoms with van der Waals surface area (Å²) >= 11 is 0. The first-order chi connectivity index (χ1) is 11.1. The summed E-state index contributed by atoms with van der Waals surface area (Å²) in [5.74, 6) is -1.42. The van der Waals surface area contributed by atoms with Crippen molar-refractivity contribution in [1.29, 1.82) is 0 Å². The van der Waals surface area contributed by atoms with Gasteiger partial charge in [0.2, 0.25) is 0 Å². The fourth-order valence-electron chi connectivity index (χ4n) is 1.69. The number of carbonyl (C=O) groups excluding carboxylic acids is 2. The summed E-state index contributed by atoms with van der Waals surface area (Å²) < 4.78 is 5.06. The fourth-order valence-corrected chi connectivity index (χ4v) is 1.69. The van der Waals surface area contributed by atoms with Crippen LogP contribution in [-0.4, -0.2) is 29.8 Å². The number of hydrazone groups is 1. The minimum atomic E-state index is -1.34. The number of phenolic OH excluding ortho intramolecular Hbond substituents is 1. The molecule has 0 saturated heterocycles. The highest BCUT2D eigenvalue weighted by Crippen LogP contribution is 2.15. The van der Waals surface area contributed by atoms with Crippen LogP contribution in [-0.2, 0) is 4.79 Å². The van der Waals surface area contributed by atoms with E-state index in [1.54, 1.807) is 24.3 Å². The summed E-state index contributed by atoms with van der Waals surface area (Å²) in [6, 6.07) is 12.3. The van der Waals surface area contributed by atoms with E-state index in [0.29, 0.717) is 16.9 Å². The SMILES string of the molecule is O=C([O-])COc1ccccc1/C=N\NC(=O)c1ccc(O)cc1. The summed E-state index contributed by atoms with van der Waals surface area (Å²) in [6.45, 7) is -0.579. The highest BCUT2D eigenvalue weighted by atomic mass is 16.5. The second-order valence-electron chi connectivity index (χ2n) is 4.44. The molecule has 1 amide bonds. The van der Waals surface area contributed by atoms with Crippen molar-refractivity contribution in [2.45, 2.75) is 0 Å². The van der Waals surface area contributed by atoms with E-state index in [4.69, 9.17) is 9.84 Å². The zero-order valence-corrected chi connectivity index (χ0v) is 11.9. The molecule has 0 aromatic heterocycles. The highest BCUT2D eigenvalue weighted by Gasteiger charge is 2.04. The van der Waals surface area contributed by atoms with E-state index in [2.05, 4.69) is 10.5 Å². The lowest BCUT2D eigenvalue weighted by Crippen LogP contribution is -2.29. The summed E-state index contributed by atoms with van der Waals surface area (Å²) in [5.41, 5.74) is 3.16. The minimum Gasteiger partial charge on any atom is -0.546 e. The Morgan fingerprint density at radius 3 is 2.57 bits per heavy atom. The number of hydrogen-bond acceptors (Lipinski definition) is 6. The zero-order chi connectivity index (χ0) is 16.7. The number of hydrogen-bond donors (Lipinski definition) is 2. The molecule has 2 N–H and O–H groups in total. The molecule has 2 aromatic rings. The molecule has 0 atom stereocenters. The number of benzene rings is 2. The maximum atomic E-state index is 11.8. The van der Waals surface area contributed by atoms with Crippen molar-refractivity contribution in [2.24, 2.45) is 5.10 Å². The number of nitrogens with one attached hydrogen (secondary N) is 1. The van der Waals surface area contributed by atoms with Crippen LogP contribution in [0.25, 0.3) is 0 Å². The van der Waals surface area contributed by atoms with E-state index in [1.165, 1.54) is 30.5 Å². The largest absolute Gasteiger partial charge is 0.546 e. The van der Waals surface area contributed by atoms with Crippen LogP contribution in [0, 0.1) is 0 Å². The summed E-state index contributed by atoms with van der Waals surface area (Å²) in [5, 5.41) is 23.4. The Bertz CT molecular complexity index is 726. The Morgan fingerprint density at radius 1 is 1.17 bits per heavy atom. The Hall–Kier alpha value is -3.35. The molecule has 23 heavy (non-hydrogen) atoms. The first-order valence-corrected chi connectivity index (χ1v) is 6.60. The van der Waals surface area contributed by atoms with Gasteiger partial charge in [-0.1, -0.05) is 12.1 Å². The molecule has 118 valence electrons. The summed E-state index contributed by atoms with van der Waals surface area (Å²) in [6.07, 6.45) is 1.34. The molecule has 7 heteroatoms. The van der Waals surface area contributed by atoms with Crippen molar-refractivity contribution in [3.05, 3.63) is 59.7 Å². The smallest absolute Gasteiger partial charge is 0.271 e. The van der Waals surface area contributed by atoms with Gasteiger partial charge in [0.15, 0.2) is 0 Å². The zero-order valence-electron chi connectivity index (χ0n) is 11.9. The van der Waals surface area contributed by atoms with Crippen molar-refractivity contribution in [3.63, 3.8) is 0 Å². The molecule has 0 spiro atoms. The van der Waals surface area contributed by atoms with Crippen LogP contribution >= 0.6 is 0 Å². The van der Waals surface area contributed by atoms with Crippen molar-refractivity contribution in [3.8, 4) is 11.5 Å². The lowest BCUT2D eigenvalue weighted by Gasteiger charge is -2.09. The normalized spacial score (nSPS) is 10.4. The molecular formula is C16H13N2O5-. The van der Waals surface area contributed by atoms with Crippen LogP contribution in [0.2, 0.25) is 0 Å². The number of carboxylic acid groups (broad SMARTS) is 1. The molecule has 0 saturated carbocycles. The van der Waals surface area contributed by atoms with Crippen molar-refractivity contribution in [2.75, 3.05) is 6.61 Å². The maximum absolute atomic E-state index is 11.8. The standard InChI is InChI=1S/C16H14N2O5/c19-13-7-5-11(6-8-13)16(22)18-17-9-12-3-1-2-4-14(12)23-10-15(20)21/h1-9,19H,10H2,(H,18,22)(H,20,21)/p-1/b17-9-. The van der Waals surface area contributed by atoms with Gasteiger partial charge < -0.3 is 19.7 Å². The molecule has 0 aliphatic heterocycles. The Balaban J connectivity index is 2.01. The van der Waals surface area contributed by atoms with Gasteiger partial charge in [-0.05, 0) is 36.4 Å². The number of aliphatic carboxylic acids is 1. The predicted molar refractivity (Wildman–Crippen MR) is 80.1 cm³/mol. The molecule has 2 aromatic carbocycles. The third-order valence-corrected chi connectivity index (χ3v) is 2.76. The van der Waals surface area contributed by atoms with Gasteiger partial charge in [-0.25, -0.2) is 5.43 Å². The first-order valence-electron chi connectivity index (χ1n) is 6.60. The van der Waals surface area contributed by atoms with Crippen LogP contribution in [0.1, 0.15) is 15.9 Å². The first kappa shape index (κ1) is 16.0. The highest BCUT2D eigenvalue weighted by molar-refractivity contribution is 5.95. The molecule has 0 aliphatic carbocycles. The van der Waals surface area contributed by atoms with Gasteiger partial charge in [0.1, 0.15) is 18.1 Å². The van der Waals surface area contributed by atoms with E-state index in [0.717, 1.165) is 0 Å². The number of phenols is 1. The molecule has 0 radical (unpaired) electrons. The quantitative estimate of drug-likeness (QED) is 0.588. The van der Waals surface area contributed by atoms with Gasteiger partial charge in [0, 0.05) is 11.1 Å². The van der Waals surface area contributed by atoms with E-state index >= 15 is 0 Å². The Morgan fingerprint density at radius 2 is 1.87 bits per heavy atom. The molecule has 0 bridgehead atoms. The van der Waals surface area contributed by atoms with Gasteiger partial charge in [-0.15, -0.1) is 0 Å². The van der Waals surface area contributed by atoms with Gasteiger partial charge in [-0.2, -0.15) is 5.10 Å². The number of carboxylic acids is 1. The fraction of sp³-hybridized carbons (Fsp3) is 0.0625. The van der Waals surface area contributed by atoms with Gasteiger partial charge in [-0.3, -0.25) is 4.79 Å². The number of nitrogens with zero attached hydrogens (tertiary/aromatic N) is 1. The second kappa shape index (κ2) is 7.60. The van der Waals surface area contributed by atoms with Crippen LogP contribution < -0.4 is 15.3 Å². The number of aromatic hydroxyl groups is 1. The van der Waals surface area contributed by atoms with Crippen molar-refractivity contribution < 1.29 is 24.5 Å². The van der Waals surface area contributed by atoms with Crippen molar-refractivity contribution in [1.82, 2.24) is 5.43 Å². The maximum Gasteiger partial charge on any atom is 0.271 e. The third kappa shape index (κ3) is 4.85. The van der Waals surface area contributed by atoms with Crippen LogP contribution in [0.4, 0.5) is 0 Å². The summed E-state index contributed by atoms with van der Waals surface area (Å²) in [4.78, 5) is 22.2. The number of rotatable bonds is 6.